The minimum absolute atomic E-state index is 0.164. The van der Waals surface area contributed by atoms with Gasteiger partial charge < -0.3 is 4.90 Å². The topological polar surface area (TPSA) is 3.24 Å². The third-order valence-corrected chi connectivity index (χ3v) is 3.72. The Balaban J connectivity index is 2.27. The molecule has 1 aliphatic rings. The summed E-state index contributed by atoms with van der Waals surface area (Å²) < 4.78 is 13.7. The number of rotatable bonds is 5. The molecule has 0 saturated heterocycles. The van der Waals surface area contributed by atoms with Crippen LogP contribution < -0.4 is 0 Å². The predicted octanol–water partition coefficient (Wildman–Crippen LogP) is 4.44. The van der Waals surface area contributed by atoms with Gasteiger partial charge in [-0.25, -0.2) is 4.39 Å². The predicted molar refractivity (Wildman–Crippen MR) is 79.1 cm³/mol. The van der Waals surface area contributed by atoms with Crippen LogP contribution in [0.5, 0.6) is 0 Å². The maximum absolute atomic E-state index is 13.7. The van der Waals surface area contributed by atoms with Crippen molar-refractivity contribution in [3.05, 3.63) is 66.5 Å². The summed E-state index contributed by atoms with van der Waals surface area (Å²) in [4.78, 5) is 2.19. The second kappa shape index (κ2) is 5.43. The second-order valence-electron chi connectivity index (χ2n) is 5.00. The Morgan fingerprint density at radius 3 is 2.79 bits per heavy atom. The molecule has 1 nitrogen and oxygen atoms in total. The van der Waals surface area contributed by atoms with Gasteiger partial charge in [0.25, 0.3) is 0 Å². The van der Waals surface area contributed by atoms with E-state index in [0.29, 0.717) is 5.56 Å². The van der Waals surface area contributed by atoms with Crippen molar-refractivity contribution in [2.45, 2.75) is 32.4 Å². The van der Waals surface area contributed by atoms with Crippen LogP contribution >= 0.6 is 0 Å². The molecule has 19 heavy (non-hydrogen) atoms. The third kappa shape index (κ3) is 2.48. The Hall–Kier alpha value is -1.83. The Labute approximate surface area is 114 Å². The summed E-state index contributed by atoms with van der Waals surface area (Å²) in [7, 11) is 0. The molecule has 0 bridgehead atoms. The van der Waals surface area contributed by atoms with Gasteiger partial charge in [-0.2, -0.15) is 0 Å². The van der Waals surface area contributed by atoms with Crippen LogP contribution in [-0.4, -0.2) is 10.9 Å². The van der Waals surface area contributed by atoms with E-state index in [1.54, 1.807) is 13.0 Å². The van der Waals surface area contributed by atoms with E-state index >= 15 is 0 Å². The van der Waals surface area contributed by atoms with Crippen molar-refractivity contribution in [1.82, 2.24) is 4.90 Å². The summed E-state index contributed by atoms with van der Waals surface area (Å²) in [5.41, 5.74) is 3.65. The Bertz CT molecular complexity index is 530. The molecule has 1 atom stereocenters. The molecule has 0 aliphatic carbocycles. The number of hydrogen-bond donors (Lipinski definition) is 0. The van der Waals surface area contributed by atoms with Crippen molar-refractivity contribution in [3.63, 3.8) is 0 Å². The minimum atomic E-state index is -0.164. The smallest absolute Gasteiger partial charge is 0.126 e. The average molecular weight is 257 g/mol. The van der Waals surface area contributed by atoms with Crippen molar-refractivity contribution in [2.24, 2.45) is 0 Å². The zero-order chi connectivity index (χ0) is 14.0. The van der Waals surface area contributed by atoms with Crippen LogP contribution in [0.4, 0.5) is 4.39 Å². The number of halogens is 1. The lowest BCUT2D eigenvalue weighted by Crippen LogP contribution is -2.27. The van der Waals surface area contributed by atoms with Crippen LogP contribution in [-0.2, 0) is 6.54 Å². The average Bonchev–Trinajstić information content (AvgIpc) is 2.69. The summed E-state index contributed by atoms with van der Waals surface area (Å²) in [5.74, 6) is -0.164. The number of aryl methyl sites for hydroxylation is 1. The molecule has 1 aromatic rings. The first-order valence-corrected chi connectivity index (χ1v) is 6.57. The van der Waals surface area contributed by atoms with Gasteiger partial charge in [0.1, 0.15) is 5.82 Å². The molecule has 1 aromatic carbocycles. The molecular weight excluding hydrogens is 237 g/mol. The number of hydrogen-bond acceptors (Lipinski definition) is 1. The summed E-state index contributed by atoms with van der Waals surface area (Å²) >= 11 is 0. The number of allylic oxidation sites excluding steroid dienone is 1. The quantitative estimate of drug-likeness (QED) is 0.705. The molecule has 2 heteroatoms. The van der Waals surface area contributed by atoms with Crippen molar-refractivity contribution < 1.29 is 4.39 Å². The molecule has 0 radical (unpaired) electrons. The van der Waals surface area contributed by atoms with Crippen molar-refractivity contribution in [2.75, 3.05) is 0 Å². The fourth-order valence-electron chi connectivity index (χ4n) is 2.58. The van der Waals surface area contributed by atoms with E-state index in [1.165, 1.54) is 0 Å². The highest BCUT2D eigenvalue weighted by Gasteiger charge is 2.27. The molecule has 1 heterocycles. The molecule has 2 rings (SSSR count). The van der Waals surface area contributed by atoms with E-state index < -0.39 is 0 Å². The first kappa shape index (κ1) is 13.6. The first-order chi connectivity index (χ1) is 9.08. The lowest BCUT2D eigenvalue weighted by atomic mass is 10.1. The van der Waals surface area contributed by atoms with Crippen LogP contribution in [0.15, 0.2) is 44.0 Å². The monoisotopic (exact) mass is 257 g/mol. The van der Waals surface area contributed by atoms with Crippen LogP contribution in [0.25, 0.3) is 5.70 Å². The highest BCUT2D eigenvalue weighted by Crippen LogP contribution is 2.35. The number of fused-ring (bicyclic) bond motifs is 1. The zero-order valence-electron chi connectivity index (χ0n) is 11.5. The Morgan fingerprint density at radius 1 is 1.42 bits per heavy atom. The van der Waals surface area contributed by atoms with Gasteiger partial charge >= 0.3 is 0 Å². The van der Waals surface area contributed by atoms with E-state index in [2.05, 4.69) is 24.6 Å². The van der Waals surface area contributed by atoms with Crippen LogP contribution in [0.1, 0.15) is 29.5 Å². The Morgan fingerprint density at radius 2 is 2.16 bits per heavy atom. The van der Waals surface area contributed by atoms with E-state index in [1.807, 2.05) is 18.2 Å². The minimum Gasteiger partial charge on any atom is -0.361 e. The highest BCUT2D eigenvalue weighted by molar-refractivity contribution is 5.70. The maximum atomic E-state index is 13.7. The van der Waals surface area contributed by atoms with Gasteiger partial charge in [-0.3, -0.25) is 0 Å². The zero-order valence-corrected chi connectivity index (χ0v) is 11.5. The lowest BCUT2D eigenvalue weighted by molar-refractivity contribution is 0.334. The summed E-state index contributed by atoms with van der Waals surface area (Å²) in [5, 5.41) is 0. The van der Waals surface area contributed by atoms with E-state index in [0.717, 1.165) is 36.2 Å². The van der Waals surface area contributed by atoms with Gasteiger partial charge in [0, 0.05) is 23.8 Å². The highest BCUT2D eigenvalue weighted by atomic mass is 19.1. The summed E-state index contributed by atoms with van der Waals surface area (Å²) in [6, 6.07) is 3.74. The van der Waals surface area contributed by atoms with Crippen molar-refractivity contribution in [3.8, 4) is 0 Å². The van der Waals surface area contributed by atoms with E-state index in [-0.39, 0.29) is 11.9 Å². The molecule has 100 valence electrons. The third-order valence-electron chi connectivity index (χ3n) is 3.72. The van der Waals surface area contributed by atoms with E-state index in [9.17, 15) is 4.39 Å². The largest absolute Gasteiger partial charge is 0.361 e. The molecule has 0 aromatic heterocycles. The van der Waals surface area contributed by atoms with Crippen LogP contribution in [0.2, 0.25) is 0 Å². The summed E-state index contributed by atoms with van der Waals surface area (Å²) in [6.45, 7) is 14.3. The number of benzene rings is 1. The molecular formula is C17H20FN. The van der Waals surface area contributed by atoms with Gasteiger partial charge in [0.15, 0.2) is 0 Å². The van der Waals surface area contributed by atoms with Gasteiger partial charge in [-0.1, -0.05) is 24.8 Å². The molecule has 1 aliphatic heterocycles. The van der Waals surface area contributed by atoms with Gasteiger partial charge in [-0.05, 0) is 37.0 Å². The van der Waals surface area contributed by atoms with E-state index in [4.69, 9.17) is 0 Å². The molecule has 1 unspecified atom stereocenters. The van der Waals surface area contributed by atoms with Crippen LogP contribution in [0, 0.1) is 12.7 Å². The standard InChI is InChI=1S/C17H20FN/c1-5-7-8-15(6-2)19-11-14-9-12(3)17(18)10-16(14)13(19)4/h5-6,9-10,15H,1-2,4,7-8,11H2,3H3. The van der Waals surface area contributed by atoms with Gasteiger partial charge in [0.05, 0.1) is 0 Å². The van der Waals surface area contributed by atoms with Gasteiger partial charge in [-0.15, -0.1) is 13.2 Å². The van der Waals surface area contributed by atoms with Gasteiger partial charge in [0.2, 0.25) is 0 Å². The fourth-order valence-corrected chi connectivity index (χ4v) is 2.58. The van der Waals surface area contributed by atoms with Crippen molar-refractivity contribution in [1.29, 1.82) is 0 Å². The number of nitrogens with zero attached hydrogens (tertiary/aromatic N) is 1. The molecule has 0 fully saturated rings. The molecule has 0 spiro atoms. The maximum Gasteiger partial charge on any atom is 0.126 e. The Kier molecular flexibility index (Phi) is 3.89. The first-order valence-electron chi connectivity index (χ1n) is 6.57. The lowest BCUT2D eigenvalue weighted by Gasteiger charge is -2.27. The normalized spacial score (nSPS) is 15.3. The SMILES string of the molecule is C=CCCC(C=C)N1Cc2cc(C)c(F)cc2C1=C. The second-order valence-corrected chi connectivity index (χ2v) is 5.00. The van der Waals surface area contributed by atoms with Crippen LogP contribution in [0.3, 0.4) is 0 Å². The molecule has 0 saturated carbocycles. The fraction of sp³-hybridized carbons (Fsp3) is 0.294. The summed E-state index contributed by atoms with van der Waals surface area (Å²) in [6.07, 6.45) is 5.74. The molecule has 0 amide bonds. The van der Waals surface area contributed by atoms with Crippen molar-refractivity contribution >= 4 is 5.70 Å². The molecule has 0 N–H and O–H groups in total.